The summed E-state index contributed by atoms with van der Waals surface area (Å²) in [6.07, 6.45) is 0. The summed E-state index contributed by atoms with van der Waals surface area (Å²) < 4.78 is 17.1. The van der Waals surface area contributed by atoms with Gasteiger partial charge >= 0.3 is 34.7 Å². The van der Waals surface area contributed by atoms with Crippen molar-refractivity contribution in [3.63, 3.8) is 0 Å². The maximum absolute atomic E-state index is 8.55. The van der Waals surface area contributed by atoms with Crippen LogP contribution in [0.2, 0.25) is 0 Å². The Morgan fingerprint density at radius 1 is 0.692 bits per heavy atom. The summed E-state index contributed by atoms with van der Waals surface area (Å²) in [4.78, 5) is 51.3. The molecule has 0 spiro atoms. The SMILES string of the molecule is O=P([O-])([O-])[O-].O=P([O-])([O-])[O-].[Al+3].[Cr+3].[Fe]. The van der Waals surface area contributed by atoms with E-state index in [9.17, 15) is 0 Å². The summed E-state index contributed by atoms with van der Waals surface area (Å²) >= 11 is 0. The Morgan fingerprint density at radius 3 is 0.692 bits per heavy atom. The van der Waals surface area contributed by atoms with E-state index in [1.54, 1.807) is 0 Å². The summed E-state index contributed by atoms with van der Waals surface area (Å²) in [6, 6.07) is 0. The van der Waals surface area contributed by atoms with Crippen molar-refractivity contribution in [3.05, 3.63) is 0 Å². The van der Waals surface area contributed by atoms with E-state index in [-0.39, 0.29) is 51.8 Å². The first kappa shape index (κ1) is 29.3. The molecule has 0 aliphatic heterocycles. The fraction of sp³-hybridized carbons (Fsp3) is 0. The number of rotatable bonds is 0. The van der Waals surface area contributed by atoms with Crippen LogP contribution in [0.4, 0.5) is 0 Å². The zero-order valence-corrected chi connectivity index (χ0v) is 10.8. The first-order valence-corrected chi connectivity index (χ1v) is 4.38. The molecule has 0 N–H and O–H groups in total. The topological polar surface area (TPSA) is 172 Å². The van der Waals surface area contributed by atoms with E-state index >= 15 is 0 Å². The Hall–Kier alpha value is 1.80. The van der Waals surface area contributed by atoms with Gasteiger partial charge in [-0.15, -0.1) is 0 Å². The molecule has 13 heavy (non-hydrogen) atoms. The molecule has 0 aromatic rings. The van der Waals surface area contributed by atoms with Crippen LogP contribution in [0.15, 0.2) is 0 Å². The van der Waals surface area contributed by atoms with Crippen LogP contribution in [-0.2, 0) is 43.6 Å². The maximum Gasteiger partial charge on any atom is 3.00 e. The molecule has 0 atom stereocenters. The van der Waals surface area contributed by atoms with E-state index in [2.05, 4.69) is 0 Å². The zero-order chi connectivity index (χ0) is 9.00. The molecule has 75 valence electrons. The standard InChI is InChI=1S/Al.Cr.Fe.2H3O4P/c;;;2*1-5(2,3)4/h;;;2*(H3,1,2,3,4)/q2*+3;;;/p-6. The number of hydrogen-bond donors (Lipinski definition) is 0. The van der Waals surface area contributed by atoms with Crippen LogP contribution in [0.1, 0.15) is 0 Å². The van der Waals surface area contributed by atoms with Gasteiger partial charge in [0.1, 0.15) is 0 Å². The smallest absolute Gasteiger partial charge is 0.822 e. The van der Waals surface area contributed by atoms with Crippen LogP contribution in [0.3, 0.4) is 0 Å². The molecule has 0 unspecified atom stereocenters. The summed E-state index contributed by atoms with van der Waals surface area (Å²) in [7, 11) is -10.8. The molecule has 0 amide bonds. The summed E-state index contributed by atoms with van der Waals surface area (Å²) in [5.41, 5.74) is 0. The van der Waals surface area contributed by atoms with Crippen LogP contribution in [0.5, 0.6) is 0 Å². The van der Waals surface area contributed by atoms with E-state index in [0.717, 1.165) is 0 Å². The van der Waals surface area contributed by atoms with Crippen molar-refractivity contribution in [2.45, 2.75) is 0 Å². The molecule has 0 bridgehead atoms. The van der Waals surface area contributed by atoms with Gasteiger partial charge in [-0.25, -0.2) is 0 Å². The van der Waals surface area contributed by atoms with Crippen LogP contribution in [0, 0.1) is 0 Å². The minimum Gasteiger partial charge on any atom is -0.822 e. The maximum atomic E-state index is 8.55. The molecular formula is AlCrFeO8P2. The van der Waals surface area contributed by atoms with E-state index in [0.29, 0.717) is 0 Å². The molecule has 0 aliphatic carbocycles. The summed E-state index contributed by atoms with van der Waals surface area (Å²) in [5, 5.41) is 0. The molecule has 0 aliphatic rings. The van der Waals surface area contributed by atoms with E-state index < -0.39 is 15.6 Å². The third-order valence-corrected chi connectivity index (χ3v) is 0. The van der Waals surface area contributed by atoms with E-state index in [4.69, 9.17) is 38.5 Å². The zero-order valence-electron chi connectivity index (χ0n) is 5.50. The van der Waals surface area contributed by atoms with Gasteiger partial charge in [0, 0.05) is 17.1 Å². The summed E-state index contributed by atoms with van der Waals surface area (Å²) in [6.45, 7) is 0. The Balaban J connectivity index is -0.0000000267. The van der Waals surface area contributed by atoms with Gasteiger partial charge in [-0.1, -0.05) is 0 Å². The van der Waals surface area contributed by atoms with Crippen molar-refractivity contribution < 1.29 is 72.9 Å². The van der Waals surface area contributed by atoms with Crippen molar-refractivity contribution in [2.24, 2.45) is 0 Å². The minimum atomic E-state index is -5.39. The molecule has 0 aromatic heterocycles. The van der Waals surface area contributed by atoms with Crippen molar-refractivity contribution in [1.29, 1.82) is 0 Å². The van der Waals surface area contributed by atoms with Gasteiger partial charge in [-0.2, -0.15) is 15.6 Å². The van der Waals surface area contributed by atoms with Gasteiger partial charge in [0.15, 0.2) is 0 Å². The largest absolute Gasteiger partial charge is 3.00 e. The molecule has 0 aromatic carbocycles. The van der Waals surface area contributed by atoms with Gasteiger partial charge in [-0.05, 0) is 0 Å². The van der Waals surface area contributed by atoms with Gasteiger partial charge in [0.2, 0.25) is 0 Å². The summed E-state index contributed by atoms with van der Waals surface area (Å²) in [5.74, 6) is 0. The van der Waals surface area contributed by atoms with Gasteiger partial charge in [-0.3, -0.25) is 0 Å². The van der Waals surface area contributed by atoms with Crippen molar-refractivity contribution in [1.82, 2.24) is 0 Å². The van der Waals surface area contributed by atoms with E-state index in [1.807, 2.05) is 0 Å². The molecule has 8 nitrogen and oxygen atoms in total. The Bertz CT molecular complexity index is 134. The molecule has 13 heteroatoms. The second-order valence-corrected chi connectivity index (χ2v) is 2.68. The Labute approximate surface area is 106 Å². The number of phosphoric acid groups is 2. The second-order valence-electron chi connectivity index (χ2n) is 0.894. The fourth-order valence-corrected chi connectivity index (χ4v) is 0. The van der Waals surface area contributed by atoms with Crippen LogP contribution in [0.25, 0.3) is 0 Å². The van der Waals surface area contributed by atoms with Crippen molar-refractivity contribution >= 4 is 33.0 Å². The van der Waals surface area contributed by atoms with Crippen LogP contribution >= 0.6 is 15.6 Å². The molecule has 0 heterocycles. The first-order chi connectivity index (χ1) is 4.00. The molecule has 0 rings (SSSR count). The van der Waals surface area contributed by atoms with Crippen LogP contribution in [-0.4, -0.2) is 17.4 Å². The third kappa shape index (κ3) is 591. The first-order valence-electron chi connectivity index (χ1n) is 1.46. The molecule has 0 saturated heterocycles. The monoisotopic (exact) mass is 325 g/mol. The van der Waals surface area contributed by atoms with Gasteiger partial charge < -0.3 is 38.5 Å². The predicted octanol–water partition coefficient (Wildman–Crippen LogP) is -6.04. The Morgan fingerprint density at radius 2 is 0.692 bits per heavy atom. The second kappa shape index (κ2) is 11.9. The van der Waals surface area contributed by atoms with Gasteiger partial charge in [0.25, 0.3) is 0 Å². The molecule has 0 saturated carbocycles. The van der Waals surface area contributed by atoms with Crippen molar-refractivity contribution in [3.8, 4) is 0 Å². The molecule has 1 radical (unpaired) electrons. The van der Waals surface area contributed by atoms with Gasteiger partial charge in [0.05, 0.1) is 0 Å². The minimum absolute atomic E-state index is 0. The average Bonchev–Trinajstić information content (AvgIpc) is 1.12. The predicted molar refractivity (Wildman–Crippen MR) is 21.0 cm³/mol. The van der Waals surface area contributed by atoms with Crippen LogP contribution < -0.4 is 29.4 Å². The normalized spacial score (nSPS) is 9.08. The average molecular weight is 325 g/mol. The fourth-order valence-electron chi connectivity index (χ4n) is 0. The number of hydrogen-bond acceptors (Lipinski definition) is 8. The third-order valence-electron chi connectivity index (χ3n) is 0. The molecular weight excluding hydrogens is 325 g/mol. The molecule has 0 fully saturated rings. The Kier molecular flexibility index (Phi) is 26.8. The van der Waals surface area contributed by atoms with E-state index in [1.165, 1.54) is 0 Å². The van der Waals surface area contributed by atoms with Crippen molar-refractivity contribution in [2.75, 3.05) is 0 Å². The quantitative estimate of drug-likeness (QED) is 0.312.